The lowest BCUT2D eigenvalue weighted by molar-refractivity contribution is 0.174. The van der Waals surface area contributed by atoms with Gasteiger partial charge in [-0.3, -0.25) is 0 Å². The van der Waals surface area contributed by atoms with E-state index in [-0.39, 0.29) is 18.3 Å². The van der Waals surface area contributed by atoms with Gasteiger partial charge in [0.25, 0.3) is 0 Å². The molecule has 0 amide bonds. The molecule has 0 unspecified atom stereocenters. The fourth-order valence-corrected chi connectivity index (χ4v) is 2.49. The lowest BCUT2D eigenvalue weighted by Gasteiger charge is -2.12. The Balaban J connectivity index is 1.89. The van der Waals surface area contributed by atoms with E-state index in [2.05, 4.69) is 5.32 Å². The van der Waals surface area contributed by atoms with Gasteiger partial charge in [-0.2, -0.15) is 0 Å². The van der Waals surface area contributed by atoms with Gasteiger partial charge in [0.1, 0.15) is 5.75 Å². The number of phenols is 1. The third-order valence-electron chi connectivity index (χ3n) is 2.98. The molecule has 0 aliphatic carbocycles. The molecule has 112 valence electrons. The second-order valence-corrected chi connectivity index (χ2v) is 6.91. The molecule has 0 atom stereocenters. The van der Waals surface area contributed by atoms with Crippen LogP contribution in [0.25, 0.3) is 0 Å². The van der Waals surface area contributed by atoms with Crippen molar-refractivity contribution in [1.82, 2.24) is 9.62 Å². The highest BCUT2D eigenvalue weighted by Gasteiger charge is 2.17. The summed E-state index contributed by atoms with van der Waals surface area (Å²) in [4.78, 5) is 0. The molecular formula is C12H18N2O5S. The van der Waals surface area contributed by atoms with Gasteiger partial charge in [0, 0.05) is 38.8 Å². The Morgan fingerprint density at radius 2 is 1.95 bits per heavy atom. The lowest BCUT2D eigenvalue weighted by atomic mass is 10.1. The van der Waals surface area contributed by atoms with Crippen LogP contribution in [0.5, 0.6) is 17.2 Å². The first-order valence-corrected chi connectivity index (χ1v) is 7.73. The quantitative estimate of drug-likeness (QED) is 0.725. The van der Waals surface area contributed by atoms with E-state index in [0.29, 0.717) is 30.2 Å². The highest BCUT2D eigenvalue weighted by molar-refractivity contribution is 7.89. The number of fused-ring (bicyclic) bond motifs is 1. The van der Waals surface area contributed by atoms with E-state index in [9.17, 15) is 13.5 Å². The van der Waals surface area contributed by atoms with Gasteiger partial charge in [-0.1, -0.05) is 0 Å². The average molecular weight is 302 g/mol. The number of nitrogens with one attached hydrogen (secondary N) is 1. The monoisotopic (exact) mass is 302 g/mol. The van der Waals surface area contributed by atoms with Gasteiger partial charge in [-0.05, 0) is 6.07 Å². The zero-order valence-corrected chi connectivity index (χ0v) is 12.2. The Kier molecular flexibility index (Phi) is 4.36. The summed E-state index contributed by atoms with van der Waals surface area (Å²) in [5.74, 6) is 1.20. The van der Waals surface area contributed by atoms with Crippen LogP contribution in [-0.4, -0.2) is 51.0 Å². The van der Waals surface area contributed by atoms with E-state index in [1.165, 1.54) is 24.5 Å². The van der Waals surface area contributed by atoms with E-state index < -0.39 is 10.0 Å². The molecule has 2 N–H and O–H groups in total. The van der Waals surface area contributed by atoms with Crippen LogP contribution in [-0.2, 0) is 16.6 Å². The van der Waals surface area contributed by atoms with Crippen molar-refractivity contribution in [1.29, 1.82) is 0 Å². The number of hydrogen-bond donors (Lipinski definition) is 2. The third kappa shape index (κ3) is 3.33. The van der Waals surface area contributed by atoms with Crippen LogP contribution in [0.2, 0.25) is 0 Å². The average Bonchev–Trinajstić information content (AvgIpc) is 2.81. The largest absolute Gasteiger partial charge is 0.507 e. The zero-order chi connectivity index (χ0) is 14.8. The number of nitrogens with zero attached hydrogens (tertiary/aromatic N) is 1. The Morgan fingerprint density at radius 1 is 1.30 bits per heavy atom. The van der Waals surface area contributed by atoms with Crippen LogP contribution < -0.4 is 14.8 Å². The van der Waals surface area contributed by atoms with Gasteiger partial charge >= 0.3 is 0 Å². The molecule has 0 radical (unpaired) electrons. The number of benzene rings is 1. The molecular weight excluding hydrogens is 284 g/mol. The first kappa shape index (κ1) is 14.9. The van der Waals surface area contributed by atoms with E-state index in [1.807, 2.05) is 0 Å². The van der Waals surface area contributed by atoms with Gasteiger partial charge in [0.15, 0.2) is 11.5 Å². The summed E-state index contributed by atoms with van der Waals surface area (Å²) in [6.07, 6.45) is 0. The van der Waals surface area contributed by atoms with Crippen molar-refractivity contribution < 1.29 is 23.0 Å². The predicted molar refractivity (Wildman–Crippen MR) is 73.4 cm³/mol. The maximum Gasteiger partial charge on any atom is 0.231 e. The zero-order valence-electron chi connectivity index (χ0n) is 11.4. The van der Waals surface area contributed by atoms with Gasteiger partial charge in [-0.15, -0.1) is 0 Å². The van der Waals surface area contributed by atoms with Crippen molar-refractivity contribution in [2.45, 2.75) is 6.54 Å². The maximum atomic E-state index is 11.6. The molecule has 0 saturated heterocycles. The fraction of sp³-hybridized carbons (Fsp3) is 0.500. The number of hydrogen-bond acceptors (Lipinski definition) is 6. The minimum atomic E-state index is -3.21. The van der Waals surface area contributed by atoms with Crippen molar-refractivity contribution >= 4 is 10.0 Å². The lowest BCUT2D eigenvalue weighted by Crippen LogP contribution is -2.31. The number of rotatable bonds is 6. The van der Waals surface area contributed by atoms with Gasteiger partial charge in [-0.25, -0.2) is 12.7 Å². The predicted octanol–water partition coefficient (Wildman–Crippen LogP) is 0.102. The smallest absolute Gasteiger partial charge is 0.231 e. The van der Waals surface area contributed by atoms with E-state index in [1.54, 1.807) is 6.07 Å². The van der Waals surface area contributed by atoms with E-state index >= 15 is 0 Å². The molecule has 8 heteroatoms. The van der Waals surface area contributed by atoms with Crippen molar-refractivity contribution in [2.24, 2.45) is 0 Å². The summed E-state index contributed by atoms with van der Waals surface area (Å²) in [5.41, 5.74) is 0.636. The molecule has 0 fully saturated rings. The second-order valence-electron chi connectivity index (χ2n) is 4.61. The number of aromatic hydroxyl groups is 1. The van der Waals surface area contributed by atoms with Crippen molar-refractivity contribution in [3.8, 4) is 17.2 Å². The molecule has 1 aliphatic heterocycles. The van der Waals surface area contributed by atoms with Crippen LogP contribution in [0.4, 0.5) is 0 Å². The van der Waals surface area contributed by atoms with Crippen LogP contribution >= 0.6 is 0 Å². The van der Waals surface area contributed by atoms with Crippen LogP contribution in [0.1, 0.15) is 5.56 Å². The summed E-state index contributed by atoms with van der Waals surface area (Å²) in [7, 11) is -0.211. The molecule has 20 heavy (non-hydrogen) atoms. The Hall–Kier alpha value is -1.51. The summed E-state index contributed by atoms with van der Waals surface area (Å²) in [5, 5.41) is 12.8. The first-order chi connectivity index (χ1) is 9.40. The highest BCUT2D eigenvalue weighted by Crippen LogP contribution is 2.37. The highest BCUT2D eigenvalue weighted by atomic mass is 32.2. The molecule has 0 saturated carbocycles. The summed E-state index contributed by atoms with van der Waals surface area (Å²) >= 11 is 0. The first-order valence-electron chi connectivity index (χ1n) is 6.12. The summed E-state index contributed by atoms with van der Waals surface area (Å²) < 4.78 is 34.7. The number of phenolic OH excluding ortho intramolecular Hbond substituents is 1. The normalized spacial score (nSPS) is 13.9. The molecule has 1 aliphatic rings. The molecule has 1 heterocycles. The van der Waals surface area contributed by atoms with E-state index in [0.717, 1.165) is 0 Å². The second kappa shape index (κ2) is 5.86. The molecule has 2 rings (SSSR count). The minimum absolute atomic E-state index is 0.00527. The van der Waals surface area contributed by atoms with Crippen LogP contribution in [0, 0.1) is 0 Å². The minimum Gasteiger partial charge on any atom is -0.507 e. The maximum absolute atomic E-state index is 11.6. The standard InChI is InChI=1S/C12H18N2O5S/c1-14(2)20(16,17)4-3-13-7-9-5-11-12(6-10(9)15)19-8-18-11/h5-6,13,15H,3-4,7-8H2,1-2H3. The van der Waals surface area contributed by atoms with Gasteiger partial charge < -0.3 is 19.9 Å². The van der Waals surface area contributed by atoms with Crippen molar-refractivity contribution in [3.05, 3.63) is 17.7 Å². The number of sulfonamides is 1. The molecule has 7 nitrogen and oxygen atoms in total. The van der Waals surface area contributed by atoms with Gasteiger partial charge in [0.2, 0.25) is 16.8 Å². The summed E-state index contributed by atoms with van der Waals surface area (Å²) in [6, 6.07) is 3.18. The van der Waals surface area contributed by atoms with Crippen molar-refractivity contribution in [2.75, 3.05) is 33.2 Å². The van der Waals surface area contributed by atoms with Crippen LogP contribution in [0.15, 0.2) is 12.1 Å². The Bertz CT molecular complexity index is 586. The van der Waals surface area contributed by atoms with E-state index in [4.69, 9.17) is 9.47 Å². The molecule has 0 spiro atoms. The van der Waals surface area contributed by atoms with Crippen molar-refractivity contribution in [3.63, 3.8) is 0 Å². The van der Waals surface area contributed by atoms with Gasteiger partial charge in [0.05, 0.1) is 5.75 Å². The van der Waals surface area contributed by atoms with Crippen LogP contribution in [0.3, 0.4) is 0 Å². The fourth-order valence-electron chi connectivity index (χ4n) is 1.72. The SMILES string of the molecule is CN(C)S(=O)(=O)CCNCc1cc2c(cc1O)OCO2. The molecule has 0 bridgehead atoms. The Labute approximate surface area is 118 Å². The molecule has 1 aromatic carbocycles. The topological polar surface area (TPSA) is 88.1 Å². The summed E-state index contributed by atoms with van der Waals surface area (Å²) in [6.45, 7) is 0.798. The molecule has 1 aromatic rings. The Morgan fingerprint density at radius 3 is 2.60 bits per heavy atom. The number of ether oxygens (including phenoxy) is 2. The third-order valence-corrected chi connectivity index (χ3v) is 4.82. The molecule has 0 aromatic heterocycles.